The Morgan fingerprint density at radius 3 is 2.44 bits per heavy atom. The van der Waals surface area contributed by atoms with Crippen molar-refractivity contribution in [3.05, 3.63) is 0 Å². The van der Waals surface area contributed by atoms with Gasteiger partial charge in [-0.2, -0.15) is 0 Å². The molecule has 1 heteroatoms. The fourth-order valence-corrected chi connectivity index (χ4v) is 4.32. The number of unbranched alkanes of at least 4 members (excludes halogenated alkanes) is 1. The summed E-state index contributed by atoms with van der Waals surface area (Å²) in [5, 5.41) is 0. The zero-order valence-electron chi connectivity index (χ0n) is 11.9. The van der Waals surface area contributed by atoms with Crippen LogP contribution in [0.5, 0.6) is 0 Å². The molecule has 0 aromatic carbocycles. The number of fused-ring (bicyclic) bond motifs is 1. The minimum atomic E-state index is 0.845. The molecule has 16 heavy (non-hydrogen) atoms. The average molecular weight is 224 g/mol. The van der Waals surface area contributed by atoms with Crippen LogP contribution in [0.15, 0.2) is 0 Å². The van der Waals surface area contributed by atoms with Crippen molar-refractivity contribution in [3.63, 3.8) is 0 Å². The van der Waals surface area contributed by atoms with Gasteiger partial charge in [-0.3, -0.25) is 0 Å². The molecule has 1 nitrogen and oxygen atoms in total. The first kappa shape index (κ1) is 12.4. The molecule has 0 bridgehead atoms. The van der Waals surface area contributed by atoms with E-state index in [9.17, 15) is 0 Å². The number of nitrogens with zero attached hydrogens (tertiary/aromatic N) is 1. The molecular weight excluding hydrogens is 194 g/mol. The third-order valence-electron chi connectivity index (χ3n) is 5.65. The fourth-order valence-electron chi connectivity index (χ4n) is 4.32. The molecule has 0 aromatic heterocycles. The molecule has 2 heterocycles. The van der Waals surface area contributed by atoms with Crippen LogP contribution in [0.3, 0.4) is 0 Å². The Morgan fingerprint density at radius 1 is 1.25 bits per heavy atom. The van der Waals surface area contributed by atoms with Crippen molar-refractivity contribution in [3.8, 4) is 0 Å². The Kier molecular flexibility index (Phi) is 3.36. The highest BCUT2D eigenvalue weighted by Gasteiger charge is 2.69. The Morgan fingerprint density at radius 2 is 1.94 bits per heavy atom. The van der Waals surface area contributed by atoms with Crippen molar-refractivity contribution >= 4 is 0 Å². The van der Waals surface area contributed by atoms with Crippen LogP contribution in [0.25, 0.3) is 0 Å². The van der Waals surface area contributed by atoms with Crippen LogP contribution in [0.4, 0.5) is 0 Å². The first-order valence-electron chi connectivity index (χ1n) is 7.41. The van der Waals surface area contributed by atoms with Crippen LogP contribution in [-0.2, 0) is 0 Å². The van der Waals surface area contributed by atoms with Crippen molar-refractivity contribution in [2.24, 2.45) is 11.8 Å². The molecule has 0 aliphatic carbocycles. The van der Waals surface area contributed by atoms with E-state index < -0.39 is 0 Å². The molecule has 2 rings (SSSR count). The van der Waals surface area contributed by atoms with Crippen LogP contribution in [0.1, 0.15) is 60.3 Å². The van der Waals surface area contributed by atoms with Gasteiger partial charge >= 0.3 is 0 Å². The van der Waals surface area contributed by atoms with E-state index >= 15 is 0 Å². The molecule has 2 aliphatic heterocycles. The van der Waals surface area contributed by atoms with Gasteiger partial charge in [-0.15, -0.1) is 0 Å². The quantitative estimate of drug-likeness (QED) is 0.492. The van der Waals surface area contributed by atoms with E-state index in [0.717, 1.165) is 30.0 Å². The lowest BCUT2D eigenvalue weighted by atomic mass is 9.94. The van der Waals surface area contributed by atoms with E-state index in [-0.39, 0.29) is 0 Å². The normalized spacial score (nSPS) is 43.5. The van der Waals surface area contributed by atoms with Gasteiger partial charge in [0.1, 0.15) is 12.6 Å². The second-order valence-electron chi connectivity index (χ2n) is 6.72. The highest BCUT2D eigenvalue weighted by molar-refractivity contribution is 4.95. The monoisotopic (exact) mass is 224 g/mol. The predicted molar refractivity (Wildman–Crippen MR) is 70.3 cm³/mol. The Balaban J connectivity index is 2.00. The first-order chi connectivity index (χ1) is 7.54. The molecular formula is C15H30N+. The van der Waals surface area contributed by atoms with Gasteiger partial charge in [0.15, 0.2) is 0 Å². The largest absolute Gasteiger partial charge is 0.307 e. The molecule has 2 saturated heterocycles. The second kappa shape index (κ2) is 4.33. The van der Waals surface area contributed by atoms with Crippen molar-refractivity contribution < 1.29 is 4.48 Å². The zero-order chi connectivity index (χ0) is 11.9. The fraction of sp³-hybridized carbons (Fsp3) is 1.00. The van der Waals surface area contributed by atoms with Gasteiger partial charge in [-0.1, -0.05) is 33.6 Å². The van der Waals surface area contributed by atoms with Crippen LogP contribution >= 0.6 is 0 Å². The van der Waals surface area contributed by atoms with Crippen molar-refractivity contribution in [1.29, 1.82) is 0 Å². The van der Waals surface area contributed by atoms with Crippen molar-refractivity contribution in [1.82, 2.24) is 0 Å². The Labute approximate surface area is 102 Å². The van der Waals surface area contributed by atoms with Gasteiger partial charge in [0, 0.05) is 18.3 Å². The summed E-state index contributed by atoms with van der Waals surface area (Å²) in [6.45, 7) is 13.6. The summed E-state index contributed by atoms with van der Waals surface area (Å²) in [7, 11) is 0. The SMILES string of the molecule is CCCCC1CC(C)[N+]2(C(C)C(C)C)CC12. The molecule has 0 aromatic rings. The lowest BCUT2D eigenvalue weighted by Crippen LogP contribution is -2.44. The topological polar surface area (TPSA) is 0 Å². The molecule has 0 radical (unpaired) electrons. The third-order valence-corrected chi connectivity index (χ3v) is 5.65. The summed E-state index contributed by atoms with van der Waals surface area (Å²) in [5.41, 5.74) is 0. The van der Waals surface area contributed by atoms with Gasteiger partial charge in [0.25, 0.3) is 0 Å². The molecule has 2 fully saturated rings. The summed E-state index contributed by atoms with van der Waals surface area (Å²) in [6, 6.07) is 2.86. The number of quaternary nitrogens is 1. The van der Waals surface area contributed by atoms with Gasteiger partial charge < -0.3 is 4.48 Å². The van der Waals surface area contributed by atoms with Crippen molar-refractivity contribution in [2.45, 2.75) is 78.4 Å². The lowest BCUT2D eigenvalue weighted by molar-refractivity contribution is -0.856. The molecule has 5 atom stereocenters. The second-order valence-corrected chi connectivity index (χ2v) is 6.72. The number of hydrogen-bond acceptors (Lipinski definition) is 0. The predicted octanol–water partition coefficient (Wildman–Crippen LogP) is 3.83. The van der Waals surface area contributed by atoms with E-state index in [2.05, 4.69) is 34.6 Å². The van der Waals surface area contributed by atoms with E-state index in [0.29, 0.717) is 0 Å². The van der Waals surface area contributed by atoms with Crippen LogP contribution in [0.2, 0.25) is 0 Å². The minimum Gasteiger partial charge on any atom is -0.307 e. The van der Waals surface area contributed by atoms with Crippen LogP contribution in [0, 0.1) is 11.8 Å². The lowest BCUT2D eigenvalue weighted by Gasteiger charge is -2.32. The van der Waals surface area contributed by atoms with Gasteiger partial charge in [0.2, 0.25) is 0 Å². The maximum absolute atomic E-state index is 2.50. The standard InChI is InChI=1S/C15H30N/c1-6-7-8-14-9-12(4)16(10-15(14)16)13(5)11(2)3/h11-15H,6-10H2,1-5H3/q+1. The molecule has 0 spiro atoms. The number of piperidine rings is 1. The highest BCUT2D eigenvalue weighted by Crippen LogP contribution is 2.54. The third kappa shape index (κ3) is 1.72. The average Bonchev–Trinajstić information content (AvgIpc) is 2.93. The molecule has 5 unspecified atom stereocenters. The first-order valence-corrected chi connectivity index (χ1v) is 7.41. The molecule has 2 aliphatic rings. The zero-order valence-corrected chi connectivity index (χ0v) is 11.9. The summed E-state index contributed by atoms with van der Waals surface area (Å²) >= 11 is 0. The number of hydrogen-bond donors (Lipinski definition) is 0. The van der Waals surface area contributed by atoms with Gasteiger partial charge in [-0.25, -0.2) is 0 Å². The number of rotatable bonds is 5. The summed E-state index contributed by atoms with van der Waals surface area (Å²) in [4.78, 5) is 0. The van der Waals surface area contributed by atoms with E-state index in [4.69, 9.17) is 0 Å². The van der Waals surface area contributed by atoms with E-state index in [1.807, 2.05) is 0 Å². The maximum Gasteiger partial charge on any atom is 0.142 e. The van der Waals surface area contributed by atoms with E-state index in [1.54, 1.807) is 0 Å². The summed E-state index contributed by atoms with van der Waals surface area (Å²) in [5.74, 6) is 1.90. The van der Waals surface area contributed by atoms with Gasteiger partial charge in [-0.05, 0) is 20.3 Å². The van der Waals surface area contributed by atoms with Gasteiger partial charge in [0.05, 0.1) is 12.1 Å². The molecule has 0 saturated carbocycles. The smallest absolute Gasteiger partial charge is 0.142 e. The Hall–Kier alpha value is -0.0400. The molecule has 94 valence electrons. The minimum absolute atomic E-state index is 0.845. The summed E-state index contributed by atoms with van der Waals surface area (Å²) < 4.78 is 1.48. The molecule has 0 N–H and O–H groups in total. The summed E-state index contributed by atoms with van der Waals surface area (Å²) in [6.07, 6.45) is 5.82. The van der Waals surface area contributed by atoms with E-state index in [1.165, 1.54) is 36.7 Å². The maximum atomic E-state index is 2.50. The van der Waals surface area contributed by atoms with Crippen LogP contribution in [-0.4, -0.2) is 29.2 Å². The van der Waals surface area contributed by atoms with Crippen molar-refractivity contribution in [2.75, 3.05) is 6.54 Å². The van der Waals surface area contributed by atoms with Crippen LogP contribution < -0.4 is 0 Å². The highest BCUT2D eigenvalue weighted by atomic mass is 15.6. The molecule has 0 amide bonds. The Bertz CT molecular complexity index is 248.